The lowest BCUT2D eigenvalue weighted by Gasteiger charge is -2.16. The van der Waals surface area contributed by atoms with Gasteiger partial charge in [0, 0.05) is 17.7 Å². The van der Waals surface area contributed by atoms with E-state index in [1.54, 1.807) is 0 Å². The topological polar surface area (TPSA) is 45.7 Å². The number of benzene rings is 3. The molecule has 3 N–H and O–H groups in total. The van der Waals surface area contributed by atoms with E-state index in [-0.39, 0.29) is 11.9 Å². The van der Waals surface area contributed by atoms with E-state index in [1.807, 2.05) is 66.7 Å². The molecule has 0 aliphatic heterocycles. The van der Waals surface area contributed by atoms with Crippen LogP contribution in [0.2, 0.25) is 0 Å². The Labute approximate surface area is 148 Å². The third-order valence-electron chi connectivity index (χ3n) is 4.19. The van der Waals surface area contributed by atoms with Gasteiger partial charge in [-0.05, 0) is 5.56 Å². The third-order valence-corrected chi connectivity index (χ3v) is 4.19. The average Bonchev–Trinajstić information content (AvgIpc) is 2.69. The summed E-state index contributed by atoms with van der Waals surface area (Å²) in [6.07, 6.45) is 0. The number of carbonyl (C=O) groups is 1. The van der Waals surface area contributed by atoms with Crippen LogP contribution in [-0.4, -0.2) is 12.5 Å². The number of carbonyl (C=O) groups excluding carboxylic acids is 1. The lowest BCUT2D eigenvalue weighted by molar-refractivity contribution is -0.676. The molecular weight excluding hydrogens is 308 g/mol. The lowest BCUT2D eigenvalue weighted by atomic mass is 9.99. The van der Waals surface area contributed by atoms with Crippen LogP contribution in [-0.2, 0) is 11.3 Å². The standard InChI is InChI=1S/C22H22N2O/c25-21(23-16-18-10-4-1-5-11-18)17-24-22(19-12-6-2-7-13-19)20-14-8-3-9-15-20/h1-15,22,24H,16-17H2,(H,23,25)/p+1. The highest BCUT2D eigenvalue weighted by Crippen LogP contribution is 2.17. The van der Waals surface area contributed by atoms with Gasteiger partial charge >= 0.3 is 0 Å². The number of hydrogen-bond donors (Lipinski definition) is 2. The van der Waals surface area contributed by atoms with E-state index >= 15 is 0 Å². The molecule has 0 unspecified atom stereocenters. The molecule has 0 saturated carbocycles. The minimum atomic E-state index is 0.0423. The smallest absolute Gasteiger partial charge is 0.275 e. The van der Waals surface area contributed by atoms with Crippen LogP contribution in [0.5, 0.6) is 0 Å². The molecule has 0 aromatic heterocycles. The van der Waals surface area contributed by atoms with Crippen LogP contribution >= 0.6 is 0 Å². The van der Waals surface area contributed by atoms with Gasteiger partial charge in [0.15, 0.2) is 6.54 Å². The summed E-state index contributed by atoms with van der Waals surface area (Å²) in [5.74, 6) is 0.0423. The number of nitrogens with one attached hydrogen (secondary N) is 1. The summed E-state index contributed by atoms with van der Waals surface area (Å²) >= 11 is 0. The van der Waals surface area contributed by atoms with Crippen LogP contribution in [0, 0.1) is 0 Å². The van der Waals surface area contributed by atoms with Crippen molar-refractivity contribution < 1.29 is 10.1 Å². The summed E-state index contributed by atoms with van der Waals surface area (Å²) in [6.45, 7) is 0.955. The molecule has 0 bridgehead atoms. The molecule has 0 aliphatic carbocycles. The van der Waals surface area contributed by atoms with Gasteiger partial charge in [-0.15, -0.1) is 0 Å². The Hall–Kier alpha value is -2.91. The molecule has 0 radical (unpaired) electrons. The Balaban J connectivity index is 1.62. The van der Waals surface area contributed by atoms with Gasteiger partial charge in [0.25, 0.3) is 5.91 Å². The molecule has 3 nitrogen and oxygen atoms in total. The van der Waals surface area contributed by atoms with Gasteiger partial charge in [0.1, 0.15) is 6.04 Å². The Kier molecular flexibility index (Phi) is 5.96. The third kappa shape index (κ3) is 5.03. The maximum absolute atomic E-state index is 12.2. The van der Waals surface area contributed by atoms with E-state index in [2.05, 4.69) is 34.9 Å². The number of rotatable bonds is 7. The molecule has 0 aliphatic rings. The summed E-state index contributed by atoms with van der Waals surface area (Å²) < 4.78 is 0. The second-order valence-corrected chi connectivity index (χ2v) is 6.00. The zero-order valence-electron chi connectivity index (χ0n) is 14.1. The van der Waals surface area contributed by atoms with E-state index in [1.165, 1.54) is 11.1 Å². The molecular formula is C22H23N2O+. The summed E-state index contributed by atoms with van der Waals surface area (Å²) in [5.41, 5.74) is 3.51. The van der Waals surface area contributed by atoms with Crippen molar-refractivity contribution in [1.82, 2.24) is 5.32 Å². The second-order valence-electron chi connectivity index (χ2n) is 6.00. The predicted octanol–water partition coefficient (Wildman–Crippen LogP) is 2.66. The monoisotopic (exact) mass is 331 g/mol. The van der Waals surface area contributed by atoms with Crippen LogP contribution in [0.15, 0.2) is 91.0 Å². The van der Waals surface area contributed by atoms with E-state index in [0.717, 1.165) is 5.56 Å². The zero-order valence-corrected chi connectivity index (χ0v) is 14.1. The van der Waals surface area contributed by atoms with Crippen molar-refractivity contribution in [3.8, 4) is 0 Å². The minimum absolute atomic E-state index is 0.0423. The lowest BCUT2D eigenvalue weighted by Crippen LogP contribution is -2.87. The zero-order chi connectivity index (χ0) is 17.3. The van der Waals surface area contributed by atoms with Crippen LogP contribution in [0.25, 0.3) is 0 Å². The van der Waals surface area contributed by atoms with Crippen LogP contribution in [0.3, 0.4) is 0 Å². The van der Waals surface area contributed by atoms with Crippen molar-refractivity contribution in [1.29, 1.82) is 0 Å². The SMILES string of the molecule is O=C(C[NH2+]C(c1ccccc1)c1ccccc1)NCc1ccccc1. The van der Waals surface area contributed by atoms with Gasteiger partial charge in [-0.3, -0.25) is 4.79 Å². The van der Waals surface area contributed by atoms with Gasteiger partial charge in [0.05, 0.1) is 0 Å². The van der Waals surface area contributed by atoms with Crippen molar-refractivity contribution >= 4 is 5.91 Å². The highest BCUT2D eigenvalue weighted by Gasteiger charge is 2.18. The molecule has 0 saturated heterocycles. The fraction of sp³-hybridized carbons (Fsp3) is 0.136. The molecule has 3 aromatic rings. The molecule has 3 heteroatoms. The van der Waals surface area contributed by atoms with E-state index in [4.69, 9.17) is 0 Å². The number of quaternary nitrogens is 1. The van der Waals surface area contributed by atoms with Gasteiger partial charge in [-0.2, -0.15) is 0 Å². The molecule has 0 spiro atoms. The van der Waals surface area contributed by atoms with Crippen molar-refractivity contribution in [3.63, 3.8) is 0 Å². The minimum Gasteiger partial charge on any atom is -0.347 e. The molecule has 25 heavy (non-hydrogen) atoms. The van der Waals surface area contributed by atoms with Crippen LogP contribution < -0.4 is 10.6 Å². The van der Waals surface area contributed by atoms with Crippen molar-refractivity contribution in [2.24, 2.45) is 0 Å². The summed E-state index contributed by atoms with van der Waals surface area (Å²) in [5, 5.41) is 5.08. The first-order valence-electron chi connectivity index (χ1n) is 8.57. The largest absolute Gasteiger partial charge is 0.347 e. The number of amides is 1. The van der Waals surface area contributed by atoms with Crippen molar-refractivity contribution in [3.05, 3.63) is 108 Å². The molecule has 3 aromatic carbocycles. The fourth-order valence-corrected chi connectivity index (χ4v) is 2.88. The van der Waals surface area contributed by atoms with Gasteiger partial charge in [-0.1, -0.05) is 91.0 Å². The molecule has 0 fully saturated rings. The summed E-state index contributed by atoms with van der Waals surface area (Å²) in [6, 6.07) is 30.7. The molecule has 1 amide bonds. The first-order valence-corrected chi connectivity index (χ1v) is 8.57. The molecule has 0 atom stereocenters. The quantitative estimate of drug-likeness (QED) is 0.687. The molecule has 126 valence electrons. The van der Waals surface area contributed by atoms with Gasteiger partial charge in [0.2, 0.25) is 0 Å². The first-order chi connectivity index (χ1) is 12.3. The second kappa shape index (κ2) is 8.81. The average molecular weight is 331 g/mol. The maximum Gasteiger partial charge on any atom is 0.275 e. The number of hydrogen-bond acceptors (Lipinski definition) is 1. The Morgan fingerprint density at radius 3 is 1.76 bits per heavy atom. The van der Waals surface area contributed by atoms with Crippen molar-refractivity contribution in [2.75, 3.05) is 6.54 Å². The van der Waals surface area contributed by atoms with Gasteiger partial charge < -0.3 is 10.6 Å². The molecule has 3 rings (SSSR count). The van der Waals surface area contributed by atoms with E-state index in [0.29, 0.717) is 13.1 Å². The Morgan fingerprint density at radius 2 is 1.24 bits per heavy atom. The number of nitrogens with two attached hydrogens (primary N) is 1. The van der Waals surface area contributed by atoms with Crippen LogP contribution in [0.4, 0.5) is 0 Å². The normalized spacial score (nSPS) is 10.6. The van der Waals surface area contributed by atoms with Crippen molar-refractivity contribution in [2.45, 2.75) is 12.6 Å². The first kappa shape index (κ1) is 16.9. The van der Waals surface area contributed by atoms with Crippen LogP contribution in [0.1, 0.15) is 22.7 Å². The Morgan fingerprint density at radius 1 is 0.760 bits per heavy atom. The van der Waals surface area contributed by atoms with E-state index < -0.39 is 0 Å². The highest BCUT2D eigenvalue weighted by molar-refractivity contribution is 5.76. The summed E-state index contributed by atoms with van der Waals surface area (Å²) in [4.78, 5) is 12.2. The maximum atomic E-state index is 12.2. The van der Waals surface area contributed by atoms with Gasteiger partial charge in [-0.25, -0.2) is 0 Å². The highest BCUT2D eigenvalue weighted by atomic mass is 16.1. The Bertz CT molecular complexity index is 733. The molecule has 0 heterocycles. The predicted molar refractivity (Wildman–Crippen MR) is 99.8 cm³/mol. The fourth-order valence-electron chi connectivity index (χ4n) is 2.88. The summed E-state index contributed by atoms with van der Waals surface area (Å²) in [7, 11) is 0. The van der Waals surface area contributed by atoms with E-state index in [9.17, 15) is 4.79 Å².